The first kappa shape index (κ1) is 20.4. The van der Waals surface area contributed by atoms with Crippen LogP contribution in [0.15, 0.2) is 24.3 Å². The maximum absolute atomic E-state index is 12.8. The Balaban J connectivity index is 2.48. The van der Waals surface area contributed by atoms with Gasteiger partial charge in [-0.05, 0) is 48.6 Å². The summed E-state index contributed by atoms with van der Waals surface area (Å²) in [5, 5.41) is -0.361. The minimum absolute atomic E-state index is 0.155. The van der Waals surface area contributed by atoms with Gasteiger partial charge in [0.2, 0.25) is 10.0 Å². The lowest BCUT2D eigenvalue weighted by Crippen LogP contribution is -2.48. The molecule has 1 heterocycles. The monoisotopic (exact) mass is 365 g/mol. The van der Waals surface area contributed by atoms with Gasteiger partial charge in [-0.1, -0.05) is 58.9 Å². The second-order valence-electron chi connectivity index (χ2n) is 9.10. The van der Waals surface area contributed by atoms with E-state index in [1.807, 2.05) is 0 Å². The van der Waals surface area contributed by atoms with Gasteiger partial charge in [-0.25, -0.2) is 12.7 Å². The molecule has 3 nitrogen and oxygen atoms in total. The van der Waals surface area contributed by atoms with Crippen LogP contribution in [0.1, 0.15) is 77.8 Å². The average Bonchev–Trinajstić information content (AvgIpc) is 2.53. The molecule has 0 amide bonds. The third kappa shape index (κ3) is 4.28. The van der Waals surface area contributed by atoms with Crippen LogP contribution in [-0.2, 0) is 10.0 Å². The summed E-state index contributed by atoms with van der Waals surface area (Å²) in [7, 11) is -3.21. The number of sulfonamides is 1. The summed E-state index contributed by atoms with van der Waals surface area (Å²) in [4.78, 5) is 0. The molecule has 0 bridgehead atoms. The lowest BCUT2D eigenvalue weighted by atomic mass is 9.66. The molecule has 1 fully saturated rings. The molecular weight excluding hydrogens is 330 g/mol. The van der Waals surface area contributed by atoms with E-state index in [4.69, 9.17) is 0 Å². The van der Waals surface area contributed by atoms with Gasteiger partial charge in [0.1, 0.15) is 0 Å². The Kier molecular flexibility index (Phi) is 6.05. The minimum Gasteiger partial charge on any atom is -0.212 e. The highest BCUT2D eigenvalue weighted by Crippen LogP contribution is 2.45. The standard InChI is InChI=1S/C21H35NO2S/c1-15(2)17-10-8-9-11-18(17)19-14-22(25(23,24)16(3)4)13-12-20(19)21(5,6)7/h8-11,15-16,19-20H,12-14H2,1-7H3. The molecule has 25 heavy (non-hydrogen) atoms. The molecule has 1 aliphatic rings. The Hall–Kier alpha value is -0.870. The highest BCUT2D eigenvalue weighted by atomic mass is 32.2. The lowest BCUT2D eigenvalue weighted by Gasteiger charge is -2.45. The molecule has 4 heteroatoms. The van der Waals surface area contributed by atoms with E-state index >= 15 is 0 Å². The fraction of sp³-hybridized carbons (Fsp3) is 0.714. The van der Waals surface area contributed by atoms with Crippen LogP contribution >= 0.6 is 0 Å². The van der Waals surface area contributed by atoms with Crippen molar-refractivity contribution < 1.29 is 8.42 Å². The molecule has 2 unspecified atom stereocenters. The topological polar surface area (TPSA) is 37.4 Å². The van der Waals surface area contributed by atoms with Gasteiger partial charge in [0.25, 0.3) is 0 Å². The second kappa shape index (κ2) is 7.40. The van der Waals surface area contributed by atoms with Gasteiger partial charge in [-0.15, -0.1) is 0 Å². The molecule has 142 valence electrons. The van der Waals surface area contributed by atoms with Crippen molar-refractivity contribution in [1.29, 1.82) is 0 Å². The number of rotatable bonds is 4. The Bertz CT molecular complexity index is 686. The van der Waals surface area contributed by atoms with Crippen molar-refractivity contribution in [2.75, 3.05) is 13.1 Å². The van der Waals surface area contributed by atoms with E-state index in [-0.39, 0.29) is 16.6 Å². The molecule has 1 saturated heterocycles. The summed E-state index contributed by atoms with van der Waals surface area (Å²) in [6.07, 6.45) is 0.923. The van der Waals surface area contributed by atoms with Crippen LogP contribution in [0.5, 0.6) is 0 Å². The Morgan fingerprint density at radius 1 is 1.08 bits per heavy atom. The first-order valence-corrected chi connectivity index (χ1v) is 11.0. The molecule has 1 aromatic carbocycles. The number of piperidine rings is 1. The van der Waals surface area contributed by atoms with Crippen LogP contribution in [0.4, 0.5) is 0 Å². The predicted octanol–water partition coefficient (Wildman–Crippen LogP) is 5.00. The van der Waals surface area contributed by atoms with Crippen molar-refractivity contribution in [2.45, 2.75) is 72.0 Å². The molecule has 2 rings (SSSR count). The SMILES string of the molecule is CC(C)c1ccccc1C1CN(S(=O)(=O)C(C)C)CCC1C(C)(C)C. The summed E-state index contributed by atoms with van der Waals surface area (Å²) in [6.45, 7) is 16.1. The fourth-order valence-electron chi connectivity index (χ4n) is 4.18. The summed E-state index contributed by atoms with van der Waals surface area (Å²) >= 11 is 0. The third-order valence-corrected chi connectivity index (χ3v) is 7.90. The van der Waals surface area contributed by atoms with Crippen LogP contribution in [0.25, 0.3) is 0 Å². The van der Waals surface area contributed by atoms with E-state index in [1.54, 1.807) is 18.2 Å². The summed E-state index contributed by atoms with van der Waals surface area (Å²) in [6, 6.07) is 8.60. The smallest absolute Gasteiger partial charge is 0.212 e. The van der Waals surface area contributed by atoms with Gasteiger partial charge in [0.05, 0.1) is 5.25 Å². The van der Waals surface area contributed by atoms with Crippen molar-refractivity contribution in [2.24, 2.45) is 11.3 Å². The lowest BCUT2D eigenvalue weighted by molar-refractivity contribution is 0.125. The number of hydrogen-bond acceptors (Lipinski definition) is 2. The first-order chi connectivity index (χ1) is 11.5. The van der Waals surface area contributed by atoms with E-state index in [0.717, 1.165) is 6.42 Å². The van der Waals surface area contributed by atoms with Crippen LogP contribution in [-0.4, -0.2) is 31.1 Å². The molecular formula is C21H35NO2S. The van der Waals surface area contributed by atoms with Gasteiger partial charge < -0.3 is 0 Å². The maximum atomic E-state index is 12.8. The van der Waals surface area contributed by atoms with Crippen molar-refractivity contribution in [3.05, 3.63) is 35.4 Å². The number of benzene rings is 1. The van der Waals surface area contributed by atoms with E-state index in [0.29, 0.717) is 24.9 Å². The molecule has 0 radical (unpaired) electrons. The van der Waals surface area contributed by atoms with Crippen molar-refractivity contribution in [3.63, 3.8) is 0 Å². The largest absolute Gasteiger partial charge is 0.216 e. The highest BCUT2D eigenvalue weighted by Gasteiger charge is 2.41. The van der Waals surface area contributed by atoms with E-state index in [2.05, 4.69) is 58.9 Å². The van der Waals surface area contributed by atoms with Crippen molar-refractivity contribution in [1.82, 2.24) is 4.31 Å². The van der Waals surface area contributed by atoms with Crippen molar-refractivity contribution >= 4 is 10.0 Å². The van der Waals surface area contributed by atoms with Crippen LogP contribution < -0.4 is 0 Å². The van der Waals surface area contributed by atoms with Crippen LogP contribution in [0, 0.1) is 11.3 Å². The Morgan fingerprint density at radius 3 is 2.20 bits per heavy atom. The molecule has 0 aromatic heterocycles. The molecule has 2 atom stereocenters. The van der Waals surface area contributed by atoms with Gasteiger partial charge in [0, 0.05) is 19.0 Å². The fourth-order valence-corrected chi connectivity index (χ4v) is 5.50. The zero-order valence-corrected chi connectivity index (χ0v) is 17.7. The zero-order chi connectivity index (χ0) is 19.0. The van der Waals surface area contributed by atoms with Gasteiger partial charge in [-0.2, -0.15) is 0 Å². The number of nitrogens with zero attached hydrogens (tertiary/aromatic N) is 1. The maximum Gasteiger partial charge on any atom is 0.216 e. The normalized spacial score (nSPS) is 23.4. The van der Waals surface area contributed by atoms with Gasteiger partial charge >= 0.3 is 0 Å². The first-order valence-electron chi connectivity index (χ1n) is 9.54. The van der Waals surface area contributed by atoms with Gasteiger partial charge in [0.15, 0.2) is 0 Å². The van der Waals surface area contributed by atoms with Crippen LogP contribution in [0.3, 0.4) is 0 Å². The summed E-state index contributed by atoms with van der Waals surface area (Å²) < 4.78 is 27.3. The van der Waals surface area contributed by atoms with E-state index in [1.165, 1.54) is 11.1 Å². The van der Waals surface area contributed by atoms with Crippen LogP contribution in [0.2, 0.25) is 0 Å². The molecule has 1 aromatic rings. The summed E-state index contributed by atoms with van der Waals surface area (Å²) in [5.41, 5.74) is 2.84. The third-order valence-electron chi connectivity index (χ3n) is 5.66. The summed E-state index contributed by atoms with van der Waals surface area (Å²) in [5.74, 6) is 1.17. The minimum atomic E-state index is -3.21. The zero-order valence-electron chi connectivity index (χ0n) is 16.9. The Labute approximate surface area is 154 Å². The molecule has 0 saturated carbocycles. The number of hydrogen-bond donors (Lipinski definition) is 0. The average molecular weight is 366 g/mol. The second-order valence-corrected chi connectivity index (χ2v) is 11.6. The quantitative estimate of drug-likeness (QED) is 0.753. The van der Waals surface area contributed by atoms with E-state index in [9.17, 15) is 8.42 Å². The highest BCUT2D eigenvalue weighted by molar-refractivity contribution is 7.89. The van der Waals surface area contributed by atoms with E-state index < -0.39 is 10.0 Å². The molecule has 1 aliphatic heterocycles. The molecule has 0 spiro atoms. The molecule has 0 aliphatic carbocycles. The van der Waals surface area contributed by atoms with Crippen molar-refractivity contribution in [3.8, 4) is 0 Å². The van der Waals surface area contributed by atoms with Gasteiger partial charge in [-0.3, -0.25) is 0 Å². The predicted molar refractivity (Wildman–Crippen MR) is 106 cm³/mol. The molecule has 0 N–H and O–H groups in total. The Morgan fingerprint density at radius 2 is 1.68 bits per heavy atom.